The van der Waals surface area contributed by atoms with E-state index in [2.05, 4.69) is 10.1 Å². The molecule has 0 spiro atoms. The Morgan fingerprint density at radius 2 is 1.96 bits per heavy atom. The summed E-state index contributed by atoms with van der Waals surface area (Å²) in [4.78, 5) is 18.5. The van der Waals surface area contributed by atoms with Gasteiger partial charge in [0.05, 0.1) is 25.0 Å². The van der Waals surface area contributed by atoms with Crippen molar-refractivity contribution in [2.45, 2.75) is 6.10 Å². The highest BCUT2D eigenvalue weighted by atomic mass is 16.5. The van der Waals surface area contributed by atoms with Gasteiger partial charge in [0.25, 0.3) is 5.91 Å². The lowest BCUT2D eigenvalue weighted by Crippen LogP contribution is -2.56. The maximum atomic E-state index is 12.7. The topological polar surface area (TPSA) is 60.2 Å². The van der Waals surface area contributed by atoms with Crippen molar-refractivity contribution in [3.63, 3.8) is 0 Å². The molecule has 0 N–H and O–H groups in total. The van der Waals surface area contributed by atoms with E-state index in [-0.39, 0.29) is 12.0 Å². The number of hydrogen-bond donors (Lipinski definition) is 0. The van der Waals surface area contributed by atoms with Crippen LogP contribution in [0.1, 0.15) is 10.5 Å². The predicted octanol–water partition coefficient (Wildman–Crippen LogP) is 2.39. The van der Waals surface area contributed by atoms with Gasteiger partial charge in [-0.25, -0.2) is 0 Å². The first kappa shape index (κ1) is 15.4. The highest BCUT2D eigenvalue weighted by Gasteiger charge is 2.34. The third-order valence-electron chi connectivity index (χ3n) is 4.24. The molecule has 0 bridgehead atoms. The highest BCUT2D eigenvalue weighted by Crippen LogP contribution is 2.22. The van der Waals surface area contributed by atoms with E-state index in [9.17, 15) is 4.79 Å². The number of carbonyl (C=O) groups is 1. The Balaban J connectivity index is 1.42. The second kappa shape index (κ2) is 6.39. The summed E-state index contributed by atoms with van der Waals surface area (Å²) in [5.41, 5.74) is 2.38. The minimum Gasteiger partial charge on any atom is -0.485 e. The number of rotatable bonds is 4. The van der Waals surface area contributed by atoms with Gasteiger partial charge in [-0.15, -0.1) is 0 Å². The molecule has 0 radical (unpaired) electrons. The van der Waals surface area contributed by atoms with Crippen LogP contribution in [0.25, 0.3) is 11.3 Å². The van der Waals surface area contributed by atoms with Crippen LogP contribution in [0.2, 0.25) is 0 Å². The minimum absolute atomic E-state index is 0.00923. The van der Waals surface area contributed by atoms with Gasteiger partial charge in [0.2, 0.25) is 0 Å². The number of aryl methyl sites for hydroxylation is 1. The maximum absolute atomic E-state index is 12.7. The third kappa shape index (κ3) is 3.10. The fraction of sp³-hybridized carbons (Fsp3) is 0.211. The normalized spacial score (nSPS) is 14.2. The molecule has 1 aliphatic heterocycles. The molecule has 3 aromatic rings. The fourth-order valence-corrected chi connectivity index (χ4v) is 2.87. The van der Waals surface area contributed by atoms with Crippen LogP contribution in [-0.2, 0) is 7.05 Å². The van der Waals surface area contributed by atoms with E-state index in [1.807, 2.05) is 48.5 Å². The van der Waals surface area contributed by atoms with Gasteiger partial charge in [0.1, 0.15) is 17.5 Å². The van der Waals surface area contributed by atoms with Crippen LogP contribution in [0, 0.1) is 0 Å². The summed E-state index contributed by atoms with van der Waals surface area (Å²) >= 11 is 0. The molecule has 1 aromatic carbocycles. The molecule has 1 amide bonds. The van der Waals surface area contributed by atoms with Gasteiger partial charge < -0.3 is 9.64 Å². The lowest BCUT2D eigenvalue weighted by molar-refractivity contribution is 0.0168. The SMILES string of the molecule is Cn1nc(-c2ccccc2)cc1C(=O)N1CC(Oc2cccnc2)C1. The average Bonchev–Trinajstić information content (AvgIpc) is 3.01. The number of pyridine rings is 1. The maximum Gasteiger partial charge on any atom is 0.272 e. The van der Waals surface area contributed by atoms with E-state index in [1.54, 1.807) is 29.0 Å². The zero-order valence-electron chi connectivity index (χ0n) is 13.9. The number of amides is 1. The molecule has 1 fully saturated rings. The first-order chi connectivity index (χ1) is 12.2. The van der Waals surface area contributed by atoms with Gasteiger partial charge in [0.15, 0.2) is 0 Å². The summed E-state index contributed by atoms with van der Waals surface area (Å²) in [6.07, 6.45) is 3.39. The molecule has 6 nitrogen and oxygen atoms in total. The summed E-state index contributed by atoms with van der Waals surface area (Å²) in [7, 11) is 1.79. The number of ether oxygens (including phenoxy) is 1. The van der Waals surface area contributed by atoms with Crippen LogP contribution in [0.4, 0.5) is 0 Å². The van der Waals surface area contributed by atoms with Crippen molar-refractivity contribution in [1.29, 1.82) is 0 Å². The predicted molar refractivity (Wildman–Crippen MR) is 93.2 cm³/mol. The van der Waals surface area contributed by atoms with Gasteiger partial charge in [-0.05, 0) is 18.2 Å². The average molecular weight is 334 g/mol. The van der Waals surface area contributed by atoms with Gasteiger partial charge in [-0.3, -0.25) is 14.5 Å². The van der Waals surface area contributed by atoms with Crippen LogP contribution in [0.3, 0.4) is 0 Å². The number of carbonyl (C=O) groups excluding carboxylic acids is 1. The summed E-state index contributed by atoms with van der Waals surface area (Å²) in [6.45, 7) is 1.14. The van der Waals surface area contributed by atoms with Crippen LogP contribution in [-0.4, -0.2) is 44.8 Å². The lowest BCUT2D eigenvalue weighted by atomic mass is 10.1. The zero-order valence-corrected chi connectivity index (χ0v) is 13.9. The van der Waals surface area contributed by atoms with Gasteiger partial charge in [-0.2, -0.15) is 5.10 Å². The first-order valence-electron chi connectivity index (χ1n) is 8.16. The zero-order chi connectivity index (χ0) is 17.2. The first-order valence-corrected chi connectivity index (χ1v) is 8.16. The summed E-state index contributed by atoms with van der Waals surface area (Å²) in [5.74, 6) is 0.703. The molecule has 1 saturated heterocycles. The van der Waals surface area contributed by atoms with Crippen molar-refractivity contribution in [1.82, 2.24) is 19.7 Å². The monoisotopic (exact) mass is 334 g/mol. The largest absolute Gasteiger partial charge is 0.485 e. The molecule has 25 heavy (non-hydrogen) atoms. The van der Waals surface area contributed by atoms with Crippen molar-refractivity contribution in [3.8, 4) is 17.0 Å². The van der Waals surface area contributed by atoms with E-state index in [4.69, 9.17) is 4.74 Å². The Morgan fingerprint density at radius 3 is 2.68 bits per heavy atom. The molecule has 126 valence electrons. The van der Waals surface area contributed by atoms with Gasteiger partial charge in [0, 0.05) is 18.8 Å². The second-order valence-corrected chi connectivity index (χ2v) is 6.04. The molecular weight excluding hydrogens is 316 g/mol. The van der Waals surface area contributed by atoms with Crippen molar-refractivity contribution in [2.75, 3.05) is 13.1 Å². The number of nitrogens with zero attached hydrogens (tertiary/aromatic N) is 4. The molecule has 0 atom stereocenters. The Labute approximate surface area is 145 Å². The van der Waals surface area contributed by atoms with E-state index in [0.717, 1.165) is 17.0 Å². The Morgan fingerprint density at radius 1 is 1.16 bits per heavy atom. The quantitative estimate of drug-likeness (QED) is 0.735. The minimum atomic E-state index is -0.0248. The van der Waals surface area contributed by atoms with Crippen LogP contribution in [0.5, 0.6) is 5.75 Å². The molecule has 0 unspecified atom stereocenters. The number of hydrogen-bond acceptors (Lipinski definition) is 4. The van der Waals surface area contributed by atoms with E-state index >= 15 is 0 Å². The molecule has 0 aliphatic carbocycles. The van der Waals surface area contributed by atoms with Crippen molar-refractivity contribution in [2.24, 2.45) is 7.05 Å². The van der Waals surface area contributed by atoms with Crippen LogP contribution < -0.4 is 4.74 Å². The van der Waals surface area contributed by atoms with E-state index < -0.39 is 0 Å². The third-order valence-corrected chi connectivity index (χ3v) is 4.24. The number of aromatic nitrogens is 3. The van der Waals surface area contributed by atoms with Crippen molar-refractivity contribution in [3.05, 3.63) is 66.6 Å². The molecule has 1 aliphatic rings. The molecular formula is C19H18N4O2. The van der Waals surface area contributed by atoms with Gasteiger partial charge >= 0.3 is 0 Å². The van der Waals surface area contributed by atoms with Crippen molar-refractivity contribution < 1.29 is 9.53 Å². The second-order valence-electron chi connectivity index (χ2n) is 6.04. The molecule has 4 rings (SSSR count). The summed E-state index contributed by atoms with van der Waals surface area (Å²) < 4.78 is 7.43. The molecule has 6 heteroatoms. The smallest absolute Gasteiger partial charge is 0.272 e. The standard InChI is InChI=1S/C19H18N4O2/c1-22-18(10-17(21-22)14-6-3-2-4-7-14)19(24)23-12-16(13-23)25-15-8-5-9-20-11-15/h2-11,16H,12-13H2,1H3. The highest BCUT2D eigenvalue weighted by molar-refractivity contribution is 5.94. The summed E-state index contributed by atoms with van der Waals surface area (Å²) in [6, 6.07) is 15.4. The van der Waals surface area contributed by atoms with Crippen LogP contribution >= 0.6 is 0 Å². The number of likely N-dealkylation sites (tertiary alicyclic amines) is 1. The van der Waals surface area contributed by atoms with E-state index in [0.29, 0.717) is 18.8 Å². The Hall–Kier alpha value is -3.15. The number of benzene rings is 1. The molecule has 3 heterocycles. The van der Waals surface area contributed by atoms with Gasteiger partial charge in [-0.1, -0.05) is 30.3 Å². The molecule has 0 saturated carbocycles. The Bertz CT molecular complexity index is 871. The Kier molecular flexibility index (Phi) is 3.93. The van der Waals surface area contributed by atoms with Crippen LogP contribution in [0.15, 0.2) is 60.9 Å². The fourth-order valence-electron chi connectivity index (χ4n) is 2.87. The molecule has 2 aromatic heterocycles. The van der Waals surface area contributed by atoms with Crippen molar-refractivity contribution >= 4 is 5.91 Å². The van der Waals surface area contributed by atoms with E-state index in [1.165, 1.54) is 0 Å². The lowest BCUT2D eigenvalue weighted by Gasteiger charge is -2.38. The summed E-state index contributed by atoms with van der Waals surface area (Å²) in [5, 5.41) is 4.46.